The predicted octanol–water partition coefficient (Wildman–Crippen LogP) is 4.07. The van der Waals surface area contributed by atoms with Crippen LogP contribution >= 0.6 is 34.7 Å². The Kier molecular flexibility index (Phi) is 5.23. The molecule has 1 aliphatic rings. The number of para-hydroxylation sites is 1. The minimum Gasteiger partial charge on any atom is -0.348 e. The molecule has 0 bridgehead atoms. The van der Waals surface area contributed by atoms with Gasteiger partial charge in [0.05, 0.1) is 16.5 Å². The molecule has 26 heavy (non-hydrogen) atoms. The summed E-state index contributed by atoms with van der Waals surface area (Å²) >= 11 is 9.06. The van der Waals surface area contributed by atoms with E-state index in [2.05, 4.69) is 25.2 Å². The number of hydrogen-bond donors (Lipinski definition) is 1. The number of carbonyl (C=O) groups excluding carboxylic acids is 1. The molecule has 0 atom stereocenters. The zero-order valence-corrected chi connectivity index (χ0v) is 16.2. The van der Waals surface area contributed by atoms with Gasteiger partial charge in [-0.15, -0.1) is 0 Å². The van der Waals surface area contributed by atoms with Crippen molar-refractivity contribution in [2.24, 2.45) is 0 Å². The summed E-state index contributed by atoms with van der Waals surface area (Å²) in [5.74, 6) is 0.119. The Bertz CT molecular complexity index is 942. The Morgan fingerprint density at radius 3 is 2.88 bits per heavy atom. The first-order valence-electron chi connectivity index (χ1n) is 8.24. The number of nitrogens with one attached hydrogen (secondary N) is 1. The van der Waals surface area contributed by atoms with Gasteiger partial charge in [0.1, 0.15) is 16.1 Å². The Morgan fingerprint density at radius 1 is 1.27 bits per heavy atom. The maximum absolute atomic E-state index is 12.2. The van der Waals surface area contributed by atoms with Crippen LogP contribution in [-0.4, -0.2) is 39.7 Å². The van der Waals surface area contributed by atoms with Crippen LogP contribution in [-0.2, 0) is 4.79 Å². The number of benzene rings is 1. The number of anilines is 2. The molecule has 2 aromatic heterocycles. The molecule has 0 radical (unpaired) electrons. The number of hydrogen-bond acceptors (Lipinski definition) is 7. The average Bonchev–Trinajstić information content (AvgIpc) is 3.31. The molecule has 1 aliphatic heterocycles. The highest BCUT2D eigenvalue weighted by atomic mass is 35.5. The third kappa shape index (κ3) is 3.77. The molecule has 4 rings (SSSR count). The van der Waals surface area contributed by atoms with Crippen LogP contribution in [0.4, 0.5) is 10.8 Å². The van der Waals surface area contributed by atoms with E-state index in [4.69, 9.17) is 11.6 Å². The van der Waals surface area contributed by atoms with Crippen molar-refractivity contribution in [3.05, 3.63) is 35.6 Å². The van der Waals surface area contributed by atoms with Crippen molar-refractivity contribution in [1.82, 2.24) is 15.0 Å². The summed E-state index contributed by atoms with van der Waals surface area (Å²) in [5.41, 5.74) is 1.31. The van der Waals surface area contributed by atoms with Gasteiger partial charge in [-0.1, -0.05) is 46.8 Å². The average molecular weight is 406 g/mol. The molecule has 3 aromatic rings. The van der Waals surface area contributed by atoms with Crippen LogP contribution < -0.4 is 10.2 Å². The van der Waals surface area contributed by atoms with Crippen molar-refractivity contribution in [3.8, 4) is 0 Å². The van der Waals surface area contributed by atoms with Crippen molar-refractivity contribution in [2.75, 3.05) is 29.1 Å². The number of aromatic nitrogens is 3. The minimum atomic E-state index is -0.126. The monoisotopic (exact) mass is 405 g/mol. The Balaban J connectivity index is 1.46. The van der Waals surface area contributed by atoms with Crippen molar-refractivity contribution in [1.29, 1.82) is 0 Å². The Hall–Kier alpha value is -1.90. The molecule has 3 heterocycles. The summed E-state index contributed by atoms with van der Waals surface area (Å²) in [5, 5.41) is 5.12. The lowest BCUT2D eigenvalue weighted by molar-refractivity contribution is -0.113. The van der Waals surface area contributed by atoms with Crippen LogP contribution in [0.5, 0.6) is 0 Å². The zero-order chi connectivity index (χ0) is 17.9. The number of amides is 1. The number of rotatable bonds is 5. The maximum atomic E-state index is 12.2. The van der Waals surface area contributed by atoms with Gasteiger partial charge in [-0.3, -0.25) is 4.79 Å². The highest BCUT2D eigenvalue weighted by molar-refractivity contribution is 8.00. The molecule has 1 N–H and O–H groups in total. The van der Waals surface area contributed by atoms with Crippen LogP contribution in [0.15, 0.2) is 35.6 Å². The summed E-state index contributed by atoms with van der Waals surface area (Å²) in [6.45, 7) is 2.08. The fraction of sp³-hybridized carbons (Fsp3) is 0.294. The SMILES string of the molecule is O=C(CSc1ncnc2nc(N3CCCC3)sc12)Nc1ccccc1Cl. The smallest absolute Gasteiger partial charge is 0.234 e. The van der Waals surface area contributed by atoms with E-state index in [9.17, 15) is 4.79 Å². The summed E-state index contributed by atoms with van der Waals surface area (Å²) in [6, 6.07) is 7.18. The molecular formula is C17H16ClN5OS2. The first-order valence-corrected chi connectivity index (χ1v) is 10.4. The van der Waals surface area contributed by atoms with Crippen LogP contribution in [0.1, 0.15) is 12.8 Å². The summed E-state index contributed by atoms with van der Waals surface area (Å²) in [7, 11) is 0. The van der Waals surface area contributed by atoms with Crippen LogP contribution in [0, 0.1) is 0 Å². The number of thioether (sulfide) groups is 1. The van der Waals surface area contributed by atoms with Gasteiger partial charge >= 0.3 is 0 Å². The van der Waals surface area contributed by atoms with Gasteiger partial charge in [-0.05, 0) is 25.0 Å². The molecule has 1 fully saturated rings. The minimum absolute atomic E-state index is 0.126. The molecule has 0 unspecified atom stereocenters. The zero-order valence-electron chi connectivity index (χ0n) is 13.8. The standard InChI is InChI=1S/C17H16ClN5OS2/c18-11-5-1-2-6-12(11)21-13(24)9-25-16-14-15(19-10-20-16)22-17(26-14)23-7-3-4-8-23/h1-2,5-6,10H,3-4,7-9H2,(H,21,24). The first-order chi connectivity index (χ1) is 12.7. The Labute approximate surface area is 164 Å². The molecule has 0 saturated carbocycles. The third-order valence-electron chi connectivity index (χ3n) is 4.01. The largest absolute Gasteiger partial charge is 0.348 e. The van der Waals surface area contributed by atoms with Gasteiger partial charge < -0.3 is 10.2 Å². The molecular weight excluding hydrogens is 390 g/mol. The van der Waals surface area contributed by atoms with E-state index in [1.807, 2.05) is 12.1 Å². The molecule has 1 aromatic carbocycles. The van der Waals surface area contributed by atoms with Gasteiger partial charge in [-0.2, -0.15) is 4.98 Å². The molecule has 134 valence electrons. The van der Waals surface area contributed by atoms with E-state index < -0.39 is 0 Å². The van der Waals surface area contributed by atoms with Crippen molar-refractivity contribution >= 4 is 61.8 Å². The second-order valence-electron chi connectivity index (χ2n) is 5.84. The normalized spacial score (nSPS) is 14.1. The van der Waals surface area contributed by atoms with E-state index in [0.717, 1.165) is 27.9 Å². The van der Waals surface area contributed by atoms with Crippen LogP contribution in [0.25, 0.3) is 10.3 Å². The Morgan fingerprint density at radius 2 is 2.08 bits per heavy atom. The number of carbonyl (C=O) groups is 1. The van der Waals surface area contributed by atoms with E-state index in [0.29, 0.717) is 16.4 Å². The topological polar surface area (TPSA) is 71.0 Å². The third-order valence-corrected chi connectivity index (χ3v) is 6.57. The lowest BCUT2D eigenvalue weighted by atomic mass is 10.3. The fourth-order valence-corrected chi connectivity index (χ4v) is 4.88. The molecule has 1 amide bonds. The van der Waals surface area contributed by atoms with Gasteiger partial charge in [0, 0.05) is 13.1 Å². The van der Waals surface area contributed by atoms with Crippen molar-refractivity contribution in [2.45, 2.75) is 17.9 Å². The number of halogens is 1. The van der Waals surface area contributed by atoms with E-state index in [1.165, 1.54) is 30.9 Å². The van der Waals surface area contributed by atoms with Crippen molar-refractivity contribution < 1.29 is 4.79 Å². The lowest BCUT2D eigenvalue weighted by Crippen LogP contribution is -2.16. The van der Waals surface area contributed by atoms with Crippen molar-refractivity contribution in [3.63, 3.8) is 0 Å². The number of nitrogens with zero attached hydrogens (tertiary/aromatic N) is 4. The predicted molar refractivity (Wildman–Crippen MR) is 107 cm³/mol. The summed E-state index contributed by atoms with van der Waals surface area (Å²) in [4.78, 5) is 27.8. The highest BCUT2D eigenvalue weighted by Crippen LogP contribution is 2.34. The molecule has 1 saturated heterocycles. The summed E-state index contributed by atoms with van der Waals surface area (Å²) in [6.07, 6.45) is 3.90. The molecule has 0 spiro atoms. The second-order valence-corrected chi connectivity index (χ2v) is 8.19. The van der Waals surface area contributed by atoms with E-state index in [1.54, 1.807) is 23.5 Å². The van der Waals surface area contributed by atoms with Gasteiger partial charge in [-0.25, -0.2) is 9.97 Å². The summed E-state index contributed by atoms with van der Waals surface area (Å²) < 4.78 is 0.935. The number of fused-ring (bicyclic) bond motifs is 1. The molecule has 0 aliphatic carbocycles. The molecule has 6 nitrogen and oxygen atoms in total. The lowest BCUT2D eigenvalue weighted by Gasteiger charge is -2.11. The fourth-order valence-electron chi connectivity index (χ4n) is 2.75. The molecule has 9 heteroatoms. The van der Waals surface area contributed by atoms with Gasteiger partial charge in [0.2, 0.25) is 5.91 Å². The van der Waals surface area contributed by atoms with Crippen LogP contribution in [0.2, 0.25) is 5.02 Å². The van der Waals surface area contributed by atoms with Crippen LogP contribution in [0.3, 0.4) is 0 Å². The first kappa shape index (κ1) is 17.5. The van der Waals surface area contributed by atoms with Gasteiger partial charge in [0.25, 0.3) is 0 Å². The highest BCUT2D eigenvalue weighted by Gasteiger charge is 2.19. The van der Waals surface area contributed by atoms with E-state index in [-0.39, 0.29) is 11.7 Å². The van der Waals surface area contributed by atoms with E-state index >= 15 is 0 Å². The number of thiazole rings is 1. The van der Waals surface area contributed by atoms with Gasteiger partial charge in [0.15, 0.2) is 10.8 Å². The maximum Gasteiger partial charge on any atom is 0.234 e. The second kappa shape index (κ2) is 7.77. The quantitative estimate of drug-likeness (QED) is 0.509.